The average Bonchev–Trinajstić information content (AvgIpc) is 2.92. The minimum Gasteiger partial charge on any atom is -0.408 e. The van der Waals surface area contributed by atoms with E-state index in [0.29, 0.717) is 12.5 Å². The summed E-state index contributed by atoms with van der Waals surface area (Å²) < 4.78 is 10.4. The van der Waals surface area contributed by atoms with Gasteiger partial charge in [0.2, 0.25) is 0 Å². The zero-order valence-corrected chi connectivity index (χ0v) is 11.3. The first-order chi connectivity index (χ1) is 8.24. The Morgan fingerprint density at radius 2 is 2.35 bits per heavy atom. The molecule has 0 atom stereocenters. The van der Waals surface area contributed by atoms with E-state index >= 15 is 0 Å². The summed E-state index contributed by atoms with van der Waals surface area (Å²) in [4.78, 5) is 5.78. The van der Waals surface area contributed by atoms with Crippen molar-refractivity contribution in [3.05, 3.63) is 15.5 Å². The number of methoxy groups -OCH3 is 1. The van der Waals surface area contributed by atoms with E-state index in [1.54, 1.807) is 18.4 Å². The molecular weight excluding hydrogens is 258 g/mol. The fourth-order valence-corrected chi connectivity index (χ4v) is 2.61. The second-order valence-corrected chi connectivity index (χ2v) is 4.85. The van der Waals surface area contributed by atoms with Crippen LogP contribution in [0.25, 0.3) is 10.8 Å². The lowest BCUT2D eigenvalue weighted by atomic mass is 10.3. The van der Waals surface area contributed by atoms with Crippen molar-refractivity contribution in [3.8, 4) is 10.8 Å². The first-order valence-electron chi connectivity index (χ1n) is 5.28. The van der Waals surface area contributed by atoms with Crippen molar-refractivity contribution in [1.82, 2.24) is 15.2 Å². The van der Waals surface area contributed by atoms with Crippen molar-refractivity contribution in [2.75, 3.05) is 13.7 Å². The van der Waals surface area contributed by atoms with E-state index in [1.807, 2.05) is 0 Å². The fraction of sp³-hybridized carbons (Fsp3) is 0.500. The second-order valence-electron chi connectivity index (χ2n) is 3.40. The molecule has 17 heavy (non-hydrogen) atoms. The Kier molecular flexibility index (Phi) is 4.03. The SMILES string of the molecule is CCc1nc(CCOC)sc1-c1n[nH]c(=S)o1. The molecule has 0 aliphatic carbocycles. The van der Waals surface area contributed by atoms with Crippen LogP contribution in [-0.4, -0.2) is 28.9 Å². The lowest BCUT2D eigenvalue weighted by molar-refractivity contribution is 0.202. The third-order valence-corrected chi connectivity index (χ3v) is 3.55. The van der Waals surface area contributed by atoms with Crippen molar-refractivity contribution >= 4 is 23.6 Å². The number of aromatic amines is 1. The Morgan fingerprint density at radius 3 is 2.94 bits per heavy atom. The maximum absolute atomic E-state index is 5.32. The van der Waals surface area contributed by atoms with Gasteiger partial charge in [0.25, 0.3) is 10.7 Å². The lowest BCUT2D eigenvalue weighted by Gasteiger charge is -1.92. The van der Waals surface area contributed by atoms with Crippen LogP contribution in [-0.2, 0) is 17.6 Å². The zero-order chi connectivity index (χ0) is 12.3. The zero-order valence-electron chi connectivity index (χ0n) is 9.65. The molecule has 0 aliphatic rings. The van der Waals surface area contributed by atoms with Crippen molar-refractivity contribution < 1.29 is 9.15 Å². The maximum Gasteiger partial charge on any atom is 0.284 e. The summed E-state index contributed by atoms with van der Waals surface area (Å²) in [7, 11) is 1.68. The monoisotopic (exact) mass is 271 g/mol. The summed E-state index contributed by atoms with van der Waals surface area (Å²) >= 11 is 6.45. The molecule has 0 radical (unpaired) electrons. The molecule has 0 saturated carbocycles. The first-order valence-corrected chi connectivity index (χ1v) is 6.50. The highest BCUT2D eigenvalue weighted by Crippen LogP contribution is 2.29. The Bertz CT molecular complexity index is 544. The van der Waals surface area contributed by atoms with Gasteiger partial charge in [-0.3, -0.25) is 0 Å². The molecule has 0 unspecified atom stereocenters. The van der Waals surface area contributed by atoms with Crippen molar-refractivity contribution in [1.29, 1.82) is 0 Å². The lowest BCUT2D eigenvalue weighted by Crippen LogP contribution is -1.93. The minimum atomic E-state index is 0.286. The molecule has 2 aromatic rings. The molecule has 1 N–H and O–H groups in total. The van der Waals surface area contributed by atoms with E-state index in [0.717, 1.165) is 28.4 Å². The minimum absolute atomic E-state index is 0.286. The quantitative estimate of drug-likeness (QED) is 0.847. The largest absolute Gasteiger partial charge is 0.408 e. The number of hydrogen-bond acceptors (Lipinski definition) is 6. The first kappa shape index (κ1) is 12.4. The van der Waals surface area contributed by atoms with Gasteiger partial charge in [-0.05, 0) is 18.6 Å². The van der Waals surface area contributed by atoms with Crippen LogP contribution in [0.5, 0.6) is 0 Å². The smallest absolute Gasteiger partial charge is 0.284 e. The van der Waals surface area contributed by atoms with Crippen LogP contribution in [0.15, 0.2) is 4.42 Å². The Balaban J connectivity index is 2.32. The molecule has 92 valence electrons. The average molecular weight is 271 g/mol. The molecule has 2 rings (SSSR count). The third-order valence-electron chi connectivity index (χ3n) is 2.23. The summed E-state index contributed by atoms with van der Waals surface area (Å²) in [6.45, 7) is 2.72. The van der Waals surface area contributed by atoms with Crippen LogP contribution in [0, 0.1) is 4.84 Å². The normalized spacial score (nSPS) is 10.9. The van der Waals surface area contributed by atoms with Gasteiger partial charge in [-0.1, -0.05) is 6.92 Å². The van der Waals surface area contributed by atoms with Crippen LogP contribution in [0.3, 0.4) is 0 Å². The highest BCUT2D eigenvalue weighted by molar-refractivity contribution is 7.71. The maximum atomic E-state index is 5.32. The standard InChI is InChI=1S/C10H13N3O2S2/c1-3-6-8(9-12-13-10(16)15-9)17-7(11-6)4-5-14-2/h3-5H2,1-2H3,(H,13,16). The molecule has 2 aromatic heterocycles. The Morgan fingerprint density at radius 1 is 1.53 bits per heavy atom. The van der Waals surface area contributed by atoms with Gasteiger partial charge in [0.05, 0.1) is 17.3 Å². The number of ether oxygens (including phenoxy) is 1. The Hall–Kier alpha value is -1.05. The van der Waals surface area contributed by atoms with Gasteiger partial charge in [0, 0.05) is 13.5 Å². The number of aromatic nitrogens is 3. The van der Waals surface area contributed by atoms with Gasteiger partial charge in [0.1, 0.15) is 4.88 Å². The van der Waals surface area contributed by atoms with E-state index in [2.05, 4.69) is 22.1 Å². The molecule has 2 heterocycles. The number of hydrogen-bond donors (Lipinski definition) is 1. The molecule has 0 saturated heterocycles. The summed E-state index contributed by atoms with van der Waals surface area (Å²) in [5.41, 5.74) is 0.992. The van der Waals surface area contributed by atoms with Crippen LogP contribution < -0.4 is 0 Å². The van der Waals surface area contributed by atoms with Gasteiger partial charge in [-0.2, -0.15) is 0 Å². The van der Waals surface area contributed by atoms with E-state index < -0.39 is 0 Å². The summed E-state index contributed by atoms with van der Waals surface area (Å²) in [5.74, 6) is 0.521. The highest BCUT2D eigenvalue weighted by Gasteiger charge is 2.15. The summed E-state index contributed by atoms with van der Waals surface area (Å²) in [6.07, 6.45) is 1.65. The molecule has 0 aromatic carbocycles. The van der Waals surface area contributed by atoms with Crippen LogP contribution in [0.1, 0.15) is 17.6 Å². The van der Waals surface area contributed by atoms with E-state index in [4.69, 9.17) is 21.4 Å². The topological polar surface area (TPSA) is 63.9 Å². The number of H-pyrrole nitrogens is 1. The second kappa shape index (κ2) is 5.52. The van der Waals surface area contributed by atoms with E-state index in [1.165, 1.54) is 0 Å². The molecular formula is C10H13N3O2S2. The summed E-state index contributed by atoms with van der Waals surface area (Å²) in [6, 6.07) is 0. The van der Waals surface area contributed by atoms with Gasteiger partial charge in [-0.15, -0.1) is 16.4 Å². The van der Waals surface area contributed by atoms with Gasteiger partial charge >= 0.3 is 0 Å². The van der Waals surface area contributed by atoms with Gasteiger partial charge in [-0.25, -0.2) is 10.1 Å². The van der Waals surface area contributed by atoms with Crippen LogP contribution >= 0.6 is 23.6 Å². The fourth-order valence-electron chi connectivity index (χ4n) is 1.43. The van der Waals surface area contributed by atoms with Crippen LogP contribution in [0.4, 0.5) is 0 Å². The molecule has 0 fully saturated rings. The predicted molar refractivity (Wildman–Crippen MR) is 67.8 cm³/mol. The highest BCUT2D eigenvalue weighted by atomic mass is 32.1. The van der Waals surface area contributed by atoms with Crippen molar-refractivity contribution in [2.45, 2.75) is 19.8 Å². The van der Waals surface area contributed by atoms with Crippen molar-refractivity contribution in [2.24, 2.45) is 0 Å². The molecule has 0 spiro atoms. The number of aryl methyl sites for hydroxylation is 1. The third kappa shape index (κ3) is 2.80. The van der Waals surface area contributed by atoms with E-state index in [-0.39, 0.29) is 4.84 Å². The predicted octanol–water partition coefficient (Wildman–Crippen LogP) is 2.61. The number of nitrogens with one attached hydrogen (secondary N) is 1. The molecule has 0 amide bonds. The number of nitrogens with zero attached hydrogens (tertiary/aromatic N) is 2. The number of thiazole rings is 1. The van der Waals surface area contributed by atoms with Crippen LogP contribution in [0.2, 0.25) is 0 Å². The Labute approximate surface area is 108 Å². The molecule has 7 heteroatoms. The molecule has 5 nitrogen and oxygen atoms in total. The van der Waals surface area contributed by atoms with E-state index in [9.17, 15) is 0 Å². The van der Waals surface area contributed by atoms with Gasteiger partial charge in [0.15, 0.2) is 0 Å². The van der Waals surface area contributed by atoms with Crippen molar-refractivity contribution in [3.63, 3.8) is 0 Å². The summed E-state index contributed by atoms with van der Waals surface area (Å²) in [5, 5.41) is 7.69. The molecule has 0 aliphatic heterocycles. The van der Waals surface area contributed by atoms with Gasteiger partial charge < -0.3 is 9.15 Å². The number of rotatable bonds is 5. The molecule has 0 bridgehead atoms.